The van der Waals surface area contributed by atoms with E-state index in [-0.39, 0.29) is 5.13 Å². The molecule has 0 radical (unpaired) electrons. The van der Waals surface area contributed by atoms with Crippen molar-refractivity contribution >= 4 is 34.0 Å². The van der Waals surface area contributed by atoms with Gasteiger partial charge in [0.1, 0.15) is 0 Å². The lowest BCUT2D eigenvalue weighted by molar-refractivity contribution is -0.144. The summed E-state index contributed by atoms with van der Waals surface area (Å²) in [4.78, 5) is 11.5. The van der Waals surface area contributed by atoms with Gasteiger partial charge in [-0.3, -0.25) is 0 Å². The van der Waals surface area contributed by atoms with Crippen LogP contribution in [0, 0.1) is 0 Å². The maximum absolute atomic E-state index is 12.4. The fourth-order valence-electron chi connectivity index (χ4n) is 1.64. The summed E-state index contributed by atoms with van der Waals surface area (Å²) in [6, 6.07) is 8.57. The van der Waals surface area contributed by atoms with Gasteiger partial charge in [-0.15, -0.1) is 0 Å². The standard InChI is InChI=1S/C13H9F3N6S/c14-13(15,16)10-21-12(23-22-10)20-9-4-2-8(3-5-9)19-11-17-6-1-7-18-11/h1-7H,(H,17,18,19)(H,20,21,22). The van der Waals surface area contributed by atoms with Crippen molar-refractivity contribution in [3.05, 3.63) is 48.5 Å². The molecule has 0 bridgehead atoms. The lowest BCUT2D eigenvalue weighted by Crippen LogP contribution is -2.07. The summed E-state index contributed by atoms with van der Waals surface area (Å²) in [6.07, 6.45) is -1.32. The number of anilines is 4. The van der Waals surface area contributed by atoms with Crippen molar-refractivity contribution in [2.75, 3.05) is 10.6 Å². The summed E-state index contributed by atoms with van der Waals surface area (Å²) < 4.78 is 40.6. The zero-order valence-electron chi connectivity index (χ0n) is 11.4. The van der Waals surface area contributed by atoms with E-state index in [0.717, 1.165) is 5.69 Å². The van der Waals surface area contributed by atoms with Crippen molar-refractivity contribution in [2.45, 2.75) is 6.18 Å². The Bertz CT molecular complexity index is 772. The second-order valence-electron chi connectivity index (χ2n) is 4.32. The molecule has 3 rings (SSSR count). The number of halogens is 3. The van der Waals surface area contributed by atoms with E-state index in [1.807, 2.05) is 0 Å². The van der Waals surface area contributed by atoms with Crippen LogP contribution in [-0.2, 0) is 6.18 Å². The predicted molar refractivity (Wildman–Crippen MR) is 80.0 cm³/mol. The van der Waals surface area contributed by atoms with Gasteiger partial charge in [-0.05, 0) is 30.3 Å². The molecule has 10 heteroatoms. The van der Waals surface area contributed by atoms with Crippen molar-refractivity contribution in [2.24, 2.45) is 0 Å². The van der Waals surface area contributed by atoms with Crippen LogP contribution in [0.4, 0.5) is 35.6 Å². The lowest BCUT2D eigenvalue weighted by atomic mass is 10.3. The Balaban J connectivity index is 1.67. The molecule has 0 saturated heterocycles. The fourth-order valence-corrected chi connectivity index (χ4v) is 2.25. The van der Waals surface area contributed by atoms with Crippen LogP contribution < -0.4 is 10.6 Å². The molecule has 23 heavy (non-hydrogen) atoms. The van der Waals surface area contributed by atoms with Crippen LogP contribution in [0.3, 0.4) is 0 Å². The molecule has 0 spiro atoms. The van der Waals surface area contributed by atoms with E-state index in [1.165, 1.54) is 0 Å². The Kier molecular flexibility index (Phi) is 4.06. The molecule has 118 valence electrons. The van der Waals surface area contributed by atoms with Gasteiger partial charge in [0.15, 0.2) is 0 Å². The van der Waals surface area contributed by atoms with Crippen molar-refractivity contribution in [3.63, 3.8) is 0 Å². The van der Waals surface area contributed by atoms with Gasteiger partial charge in [-0.1, -0.05) is 0 Å². The number of hydrogen-bond acceptors (Lipinski definition) is 7. The first kappa shape index (κ1) is 15.2. The first-order valence-electron chi connectivity index (χ1n) is 6.33. The third kappa shape index (κ3) is 3.92. The number of nitrogens with zero attached hydrogens (tertiary/aromatic N) is 4. The number of nitrogens with one attached hydrogen (secondary N) is 2. The minimum Gasteiger partial charge on any atom is -0.330 e. The lowest BCUT2D eigenvalue weighted by Gasteiger charge is -2.06. The summed E-state index contributed by atoms with van der Waals surface area (Å²) in [5, 5.41) is 5.84. The Morgan fingerprint density at radius 1 is 0.913 bits per heavy atom. The number of aromatic nitrogens is 4. The van der Waals surface area contributed by atoms with Gasteiger partial charge in [-0.2, -0.15) is 22.5 Å². The normalized spacial score (nSPS) is 11.3. The molecule has 0 atom stereocenters. The molecule has 0 amide bonds. The van der Waals surface area contributed by atoms with Crippen LogP contribution in [0.1, 0.15) is 5.82 Å². The van der Waals surface area contributed by atoms with Crippen LogP contribution in [0.15, 0.2) is 42.7 Å². The second kappa shape index (κ2) is 6.16. The molecule has 6 nitrogen and oxygen atoms in total. The van der Waals surface area contributed by atoms with Gasteiger partial charge < -0.3 is 10.6 Å². The molecule has 1 aromatic carbocycles. The van der Waals surface area contributed by atoms with Crippen molar-refractivity contribution in [1.29, 1.82) is 0 Å². The molecular formula is C13H9F3N6S. The maximum atomic E-state index is 12.4. The van der Waals surface area contributed by atoms with Crippen LogP contribution in [-0.4, -0.2) is 19.3 Å². The molecule has 2 N–H and O–H groups in total. The van der Waals surface area contributed by atoms with Crippen molar-refractivity contribution in [3.8, 4) is 0 Å². The highest BCUT2D eigenvalue weighted by atomic mass is 32.1. The molecule has 2 heterocycles. The van der Waals surface area contributed by atoms with Crippen LogP contribution >= 0.6 is 11.5 Å². The molecule has 0 unspecified atom stereocenters. The van der Waals surface area contributed by atoms with Crippen molar-refractivity contribution in [1.82, 2.24) is 19.3 Å². The molecule has 0 aliphatic rings. The van der Waals surface area contributed by atoms with Crippen LogP contribution in [0.5, 0.6) is 0 Å². The van der Waals surface area contributed by atoms with E-state index in [2.05, 4.69) is 30.0 Å². The van der Waals surface area contributed by atoms with Crippen LogP contribution in [0.2, 0.25) is 0 Å². The predicted octanol–water partition coefficient (Wildman–Crippen LogP) is 3.83. The van der Waals surface area contributed by atoms with Gasteiger partial charge in [-0.25, -0.2) is 9.97 Å². The number of rotatable bonds is 4. The largest absolute Gasteiger partial charge is 0.452 e. The zero-order valence-corrected chi connectivity index (χ0v) is 12.2. The summed E-state index contributed by atoms with van der Waals surface area (Å²) in [7, 11) is 0. The smallest absolute Gasteiger partial charge is 0.330 e. The third-order valence-electron chi connectivity index (χ3n) is 2.64. The maximum Gasteiger partial charge on any atom is 0.452 e. The van der Waals surface area contributed by atoms with Gasteiger partial charge in [0.05, 0.1) is 0 Å². The highest BCUT2D eigenvalue weighted by molar-refractivity contribution is 7.09. The van der Waals surface area contributed by atoms with E-state index < -0.39 is 12.0 Å². The van der Waals surface area contributed by atoms with Crippen LogP contribution in [0.25, 0.3) is 0 Å². The van der Waals surface area contributed by atoms with Gasteiger partial charge in [0, 0.05) is 35.3 Å². The van der Waals surface area contributed by atoms with E-state index in [4.69, 9.17) is 0 Å². The molecule has 2 aromatic heterocycles. The van der Waals surface area contributed by atoms with Crippen molar-refractivity contribution < 1.29 is 13.2 Å². The number of alkyl halides is 3. The Morgan fingerprint density at radius 2 is 1.52 bits per heavy atom. The van der Waals surface area contributed by atoms with E-state index in [9.17, 15) is 13.2 Å². The van der Waals surface area contributed by atoms with Gasteiger partial charge >= 0.3 is 6.18 Å². The first-order valence-corrected chi connectivity index (χ1v) is 7.10. The quantitative estimate of drug-likeness (QED) is 0.753. The average molecular weight is 338 g/mol. The minimum absolute atomic E-state index is 0.0735. The molecule has 3 aromatic rings. The zero-order chi connectivity index (χ0) is 16.3. The first-order chi connectivity index (χ1) is 11.0. The molecular weight excluding hydrogens is 329 g/mol. The Labute approximate surface area is 132 Å². The average Bonchev–Trinajstić information content (AvgIpc) is 2.99. The highest BCUT2D eigenvalue weighted by Crippen LogP contribution is 2.30. The number of hydrogen-bond donors (Lipinski definition) is 2. The summed E-state index contributed by atoms with van der Waals surface area (Å²) in [5.41, 5.74) is 1.34. The molecule has 0 saturated carbocycles. The molecule has 0 aliphatic heterocycles. The monoisotopic (exact) mass is 338 g/mol. The highest BCUT2D eigenvalue weighted by Gasteiger charge is 2.36. The van der Waals surface area contributed by atoms with E-state index in [0.29, 0.717) is 23.2 Å². The Morgan fingerprint density at radius 3 is 2.09 bits per heavy atom. The van der Waals surface area contributed by atoms with E-state index >= 15 is 0 Å². The SMILES string of the molecule is FC(F)(F)c1nsc(Nc2ccc(Nc3ncccn3)cc2)n1. The minimum atomic E-state index is -4.54. The molecule has 0 aliphatic carbocycles. The van der Waals surface area contributed by atoms with Gasteiger partial charge in [0.2, 0.25) is 16.9 Å². The van der Waals surface area contributed by atoms with E-state index in [1.54, 1.807) is 42.7 Å². The molecule has 0 fully saturated rings. The number of benzene rings is 1. The summed E-state index contributed by atoms with van der Waals surface area (Å²) in [5.74, 6) is -0.698. The summed E-state index contributed by atoms with van der Waals surface area (Å²) in [6.45, 7) is 0. The van der Waals surface area contributed by atoms with Gasteiger partial charge in [0.25, 0.3) is 0 Å². The second-order valence-corrected chi connectivity index (χ2v) is 5.07. The summed E-state index contributed by atoms with van der Waals surface area (Å²) >= 11 is 0.650. The topological polar surface area (TPSA) is 75.6 Å². The Hall–Kier alpha value is -2.75. The third-order valence-corrected chi connectivity index (χ3v) is 3.27. The fraction of sp³-hybridized carbons (Fsp3) is 0.0769.